The normalized spacial score (nSPS) is 10.4. The summed E-state index contributed by atoms with van der Waals surface area (Å²) >= 11 is 1.48. The average Bonchev–Trinajstić information content (AvgIpc) is 2.87. The molecule has 0 aliphatic carbocycles. The van der Waals surface area contributed by atoms with Crippen LogP contribution in [0.25, 0.3) is 0 Å². The van der Waals surface area contributed by atoms with Gasteiger partial charge < -0.3 is 5.32 Å². The summed E-state index contributed by atoms with van der Waals surface area (Å²) in [6, 6.07) is 9.63. The standard InChI is InChI=1S/C17H19NO2S/c1-11-5-4-6-12(2)17(11)18-16(20)10-8-14(19)15-9-7-13(3)21-15/h4-7,9H,8,10H2,1-3H3,(H,18,20). The smallest absolute Gasteiger partial charge is 0.224 e. The lowest BCUT2D eigenvalue weighted by molar-refractivity contribution is -0.116. The highest BCUT2D eigenvalue weighted by molar-refractivity contribution is 7.14. The van der Waals surface area contributed by atoms with Gasteiger partial charge in [-0.3, -0.25) is 9.59 Å². The molecule has 2 rings (SSSR count). The van der Waals surface area contributed by atoms with E-state index in [-0.39, 0.29) is 24.5 Å². The summed E-state index contributed by atoms with van der Waals surface area (Å²) in [5.41, 5.74) is 2.91. The summed E-state index contributed by atoms with van der Waals surface area (Å²) in [6.45, 7) is 5.89. The Bertz CT molecular complexity index is 653. The van der Waals surface area contributed by atoms with Crippen molar-refractivity contribution in [1.82, 2.24) is 0 Å². The third kappa shape index (κ3) is 4.02. The minimum Gasteiger partial charge on any atom is -0.326 e. The first-order valence-electron chi connectivity index (χ1n) is 6.93. The lowest BCUT2D eigenvalue weighted by Gasteiger charge is -2.11. The number of Topliss-reactive ketones (excluding diaryl/α,β-unsaturated/α-hetero) is 1. The van der Waals surface area contributed by atoms with Crippen molar-refractivity contribution in [3.8, 4) is 0 Å². The molecule has 2 aromatic rings. The summed E-state index contributed by atoms with van der Waals surface area (Å²) in [4.78, 5) is 25.8. The molecule has 4 heteroatoms. The molecule has 21 heavy (non-hydrogen) atoms. The molecule has 0 atom stereocenters. The van der Waals surface area contributed by atoms with E-state index < -0.39 is 0 Å². The number of carbonyl (C=O) groups is 2. The second kappa shape index (κ2) is 6.68. The van der Waals surface area contributed by atoms with Crippen LogP contribution in [0.3, 0.4) is 0 Å². The molecule has 0 saturated carbocycles. The number of carbonyl (C=O) groups excluding carboxylic acids is 2. The lowest BCUT2D eigenvalue weighted by Crippen LogP contribution is -2.14. The van der Waals surface area contributed by atoms with Gasteiger partial charge >= 0.3 is 0 Å². The van der Waals surface area contributed by atoms with Gasteiger partial charge in [0.15, 0.2) is 5.78 Å². The van der Waals surface area contributed by atoms with Crippen molar-refractivity contribution in [2.24, 2.45) is 0 Å². The minimum atomic E-state index is -0.117. The molecule has 1 aromatic heterocycles. The quantitative estimate of drug-likeness (QED) is 0.838. The Morgan fingerprint density at radius 1 is 1.00 bits per heavy atom. The van der Waals surface area contributed by atoms with Gasteiger partial charge in [-0.25, -0.2) is 0 Å². The van der Waals surface area contributed by atoms with Crippen LogP contribution in [0.1, 0.15) is 38.5 Å². The number of thiophene rings is 1. The van der Waals surface area contributed by atoms with E-state index in [0.717, 1.165) is 26.6 Å². The first kappa shape index (κ1) is 15.4. The Balaban J connectivity index is 1.92. The molecular weight excluding hydrogens is 282 g/mol. The number of amides is 1. The average molecular weight is 301 g/mol. The van der Waals surface area contributed by atoms with Gasteiger partial charge in [0, 0.05) is 23.4 Å². The molecule has 1 N–H and O–H groups in total. The molecule has 0 bridgehead atoms. The van der Waals surface area contributed by atoms with E-state index in [9.17, 15) is 9.59 Å². The number of ketones is 1. The van der Waals surface area contributed by atoms with Crippen LogP contribution in [0.15, 0.2) is 30.3 Å². The number of nitrogens with one attached hydrogen (secondary N) is 1. The Hall–Kier alpha value is -1.94. The van der Waals surface area contributed by atoms with E-state index in [1.807, 2.05) is 51.1 Å². The molecule has 1 heterocycles. The van der Waals surface area contributed by atoms with E-state index in [2.05, 4.69) is 5.32 Å². The first-order chi connectivity index (χ1) is 9.97. The Morgan fingerprint density at radius 3 is 2.24 bits per heavy atom. The Kier molecular flexibility index (Phi) is 4.91. The topological polar surface area (TPSA) is 46.2 Å². The number of hydrogen-bond acceptors (Lipinski definition) is 3. The molecule has 0 fully saturated rings. The van der Waals surface area contributed by atoms with Crippen LogP contribution in [0, 0.1) is 20.8 Å². The highest BCUT2D eigenvalue weighted by Gasteiger charge is 2.12. The number of rotatable bonds is 5. The maximum Gasteiger partial charge on any atom is 0.224 e. The van der Waals surface area contributed by atoms with Gasteiger partial charge in [0.05, 0.1) is 4.88 Å². The predicted molar refractivity (Wildman–Crippen MR) is 87.2 cm³/mol. The fourth-order valence-corrected chi connectivity index (χ4v) is 2.98. The van der Waals surface area contributed by atoms with Crippen LogP contribution in [-0.2, 0) is 4.79 Å². The third-order valence-electron chi connectivity index (χ3n) is 3.34. The minimum absolute atomic E-state index is 0.0322. The summed E-state index contributed by atoms with van der Waals surface area (Å²) in [5.74, 6) is -0.0845. The number of aryl methyl sites for hydroxylation is 3. The molecule has 0 aliphatic rings. The van der Waals surface area contributed by atoms with Crippen LogP contribution < -0.4 is 5.32 Å². The molecule has 0 saturated heterocycles. The van der Waals surface area contributed by atoms with Gasteiger partial charge in [-0.1, -0.05) is 18.2 Å². The van der Waals surface area contributed by atoms with Crippen molar-refractivity contribution < 1.29 is 9.59 Å². The monoisotopic (exact) mass is 301 g/mol. The maximum absolute atomic E-state index is 12.0. The van der Waals surface area contributed by atoms with Crippen molar-refractivity contribution in [3.63, 3.8) is 0 Å². The van der Waals surface area contributed by atoms with Crippen molar-refractivity contribution >= 4 is 28.7 Å². The molecule has 0 aliphatic heterocycles. The van der Waals surface area contributed by atoms with Gasteiger partial charge in [-0.15, -0.1) is 11.3 Å². The molecule has 1 amide bonds. The summed E-state index contributed by atoms with van der Waals surface area (Å²) in [6.07, 6.45) is 0.459. The zero-order chi connectivity index (χ0) is 15.4. The number of hydrogen-bond donors (Lipinski definition) is 1. The molecule has 0 radical (unpaired) electrons. The third-order valence-corrected chi connectivity index (χ3v) is 4.38. The van der Waals surface area contributed by atoms with Crippen LogP contribution in [0.2, 0.25) is 0 Å². The van der Waals surface area contributed by atoms with Crippen molar-refractivity contribution in [2.45, 2.75) is 33.6 Å². The highest BCUT2D eigenvalue weighted by Crippen LogP contribution is 2.21. The lowest BCUT2D eigenvalue weighted by atomic mass is 10.1. The zero-order valence-electron chi connectivity index (χ0n) is 12.5. The van der Waals surface area contributed by atoms with Crippen molar-refractivity contribution in [2.75, 3.05) is 5.32 Å². The highest BCUT2D eigenvalue weighted by atomic mass is 32.1. The zero-order valence-corrected chi connectivity index (χ0v) is 13.3. The summed E-state index contributed by atoms with van der Waals surface area (Å²) in [7, 11) is 0. The largest absolute Gasteiger partial charge is 0.326 e. The molecule has 110 valence electrons. The summed E-state index contributed by atoms with van der Waals surface area (Å²) < 4.78 is 0. The maximum atomic E-state index is 12.0. The van der Waals surface area contributed by atoms with Gasteiger partial charge in [-0.2, -0.15) is 0 Å². The van der Waals surface area contributed by atoms with Crippen molar-refractivity contribution in [1.29, 1.82) is 0 Å². The number of benzene rings is 1. The fraction of sp³-hybridized carbons (Fsp3) is 0.294. The van der Waals surface area contributed by atoms with Gasteiger partial charge in [-0.05, 0) is 44.0 Å². The molecule has 1 aromatic carbocycles. The van der Waals surface area contributed by atoms with E-state index in [1.165, 1.54) is 11.3 Å². The van der Waals surface area contributed by atoms with Crippen LogP contribution >= 0.6 is 11.3 Å². The van der Waals surface area contributed by atoms with Gasteiger partial charge in [0.25, 0.3) is 0 Å². The van der Waals surface area contributed by atoms with E-state index in [1.54, 1.807) is 0 Å². The molecule has 0 unspecified atom stereocenters. The SMILES string of the molecule is Cc1ccc(C(=O)CCC(=O)Nc2c(C)cccc2C)s1. The Labute approximate surface area is 129 Å². The first-order valence-corrected chi connectivity index (χ1v) is 7.74. The van der Waals surface area contributed by atoms with E-state index in [0.29, 0.717) is 0 Å². The molecular formula is C17H19NO2S. The van der Waals surface area contributed by atoms with E-state index >= 15 is 0 Å². The Morgan fingerprint density at radius 2 is 1.67 bits per heavy atom. The fourth-order valence-electron chi connectivity index (χ4n) is 2.15. The second-order valence-corrected chi connectivity index (χ2v) is 6.44. The second-order valence-electron chi connectivity index (χ2n) is 5.15. The van der Waals surface area contributed by atoms with Crippen LogP contribution in [0.4, 0.5) is 5.69 Å². The molecule has 0 spiro atoms. The van der Waals surface area contributed by atoms with E-state index in [4.69, 9.17) is 0 Å². The van der Waals surface area contributed by atoms with Gasteiger partial charge in [0.1, 0.15) is 0 Å². The number of anilines is 1. The molecule has 3 nitrogen and oxygen atoms in total. The predicted octanol–water partition coefficient (Wildman–Crippen LogP) is 4.27. The van der Waals surface area contributed by atoms with Crippen LogP contribution in [0.5, 0.6) is 0 Å². The van der Waals surface area contributed by atoms with Gasteiger partial charge in [0.2, 0.25) is 5.91 Å². The van der Waals surface area contributed by atoms with Crippen molar-refractivity contribution in [3.05, 3.63) is 51.2 Å². The van der Waals surface area contributed by atoms with Crippen LogP contribution in [-0.4, -0.2) is 11.7 Å². The summed E-state index contributed by atoms with van der Waals surface area (Å²) in [5, 5.41) is 2.90. The number of para-hydroxylation sites is 1.